The number of aliphatic hydroxyl groups is 1. The van der Waals surface area contributed by atoms with Crippen LogP contribution >= 0.6 is 19.4 Å². The Hall–Kier alpha value is 1.65. The molecule has 1 aromatic rings. The summed E-state index contributed by atoms with van der Waals surface area (Å²) in [6.45, 7) is 3.25. The Kier molecular flexibility index (Phi) is 14.0. The van der Waals surface area contributed by atoms with Crippen LogP contribution in [0.5, 0.6) is 0 Å². The summed E-state index contributed by atoms with van der Waals surface area (Å²) in [4.78, 5) is 35.3. The molecule has 0 unspecified atom stereocenters. The van der Waals surface area contributed by atoms with Crippen molar-refractivity contribution in [2.75, 3.05) is 5.75 Å². The van der Waals surface area contributed by atoms with Gasteiger partial charge in [0.1, 0.15) is 0 Å². The maximum atomic E-state index is 11.6. The Morgan fingerprint density at radius 3 is 2.46 bits per heavy atom. The average Bonchev–Trinajstić information content (AvgIpc) is 2.91. The molecule has 0 saturated carbocycles. The molecule has 1 aromatic carbocycles. The number of benzene rings is 1. The summed E-state index contributed by atoms with van der Waals surface area (Å²) in [6, 6.07) is 8.32. The molecule has 3 atom stereocenters. The van der Waals surface area contributed by atoms with E-state index in [0.29, 0.717) is 11.3 Å². The molecule has 0 spiro atoms. The predicted molar refractivity (Wildman–Crippen MR) is 95.0 cm³/mol. The number of hydrogen-bond donors (Lipinski definition) is 1. The van der Waals surface area contributed by atoms with Gasteiger partial charge >= 0.3 is 103 Å². The third kappa shape index (κ3) is 7.66. The minimum Gasteiger partial charge on any atom is -0.807 e. The SMILES string of the molecule is C[C@@H](O)[C@H]1C(=O)N2C=C(SCC#N)C[C@H]12.Cc1ccccc1P(=O)([O-])[O-].[K+].[K+]. The second kappa shape index (κ2) is 13.3. The minimum absolute atomic E-state index is 0. The zero-order chi connectivity index (χ0) is 19.5. The Balaban J connectivity index is 0.000000507. The van der Waals surface area contributed by atoms with Gasteiger partial charge < -0.3 is 24.4 Å². The van der Waals surface area contributed by atoms with Gasteiger partial charge in [-0.1, -0.05) is 24.3 Å². The first kappa shape index (κ1) is 29.7. The standard InChI is InChI=1S/C10H12N2O2S.C7H9O3P.2K/c1-6(13)9-8-4-7(15-3-2-11)5-12(8)10(9)14;1-6-4-2-3-5-7(6)11(8,9)10;;/h5-6,8-9,13H,3-4H2,1H3;2-5H,1H3,(H2,8,9,10);;/q;;2*+1/p-2/t6-,8-,9-;;;/m1.../s1. The molecule has 11 heteroatoms. The number of nitrogens with zero attached hydrogens (tertiary/aromatic N) is 2. The number of carbonyl (C=O) groups is 1. The first-order valence-corrected chi connectivity index (χ1v) is 10.5. The van der Waals surface area contributed by atoms with Gasteiger partial charge in [-0.2, -0.15) is 5.26 Å². The monoisotopic (exact) mass is 472 g/mol. The number of nitriles is 1. The van der Waals surface area contributed by atoms with Gasteiger partial charge in [0.2, 0.25) is 5.91 Å². The number of aliphatic hydroxyl groups excluding tert-OH is 1. The first-order chi connectivity index (χ1) is 12.2. The first-order valence-electron chi connectivity index (χ1n) is 7.95. The normalized spacial score (nSPS) is 20.8. The van der Waals surface area contributed by atoms with Crippen molar-refractivity contribution in [3.05, 3.63) is 40.9 Å². The molecular formula is C17H19K2N2O5PS. The van der Waals surface area contributed by atoms with Crippen LogP contribution in [0.25, 0.3) is 0 Å². The van der Waals surface area contributed by atoms with Gasteiger partial charge in [-0.05, 0) is 32.3 Å². The number of carbonyl (C=O) groups excluding carboxylic acids is 1. The summed E-state index contributed by atoms with van der Waals surface area (Å²) < 4.78 is 10.5. The van der Waals surface area contributed by atoms with E-state index in [1.807, 2.05) is 6.20 Å². The van der Waals surface area contributed by atoms with Crippen LogP contribution in [0.1, 0.15) is 18.9 Å². The number of hydrogen-bond acceptors (Lipinski definition) is 7. The molecule has 140 valence electrons. The predicted octanol–water partition coefficient (Wildman–Crippen LogP) is -5.76. The smallest absolute Gasteiger partial charge is 0.807 e. The molecule has 2 aliphatic rings. The summed E-state index contributed by atoms with van der Waals surface area (Å²) in [5, 5.41) is 17.8. The molecule has 0 aliphatic carbocycles. The molecule has 2 heterocycles. The van der Waals surface area contributed by atoms with Crippen molar-refractivity contribution < 1.29 is 127 Å². The van der Waals surface area contributed by atoms with E-state index in [-0.39, 0.29) is 126 Å². The average molecular weight is 473 g/mol. The van der Waals surface area contributed by atoms with E-state index in [4.69, 9.17) is 5.26 Å². The van der Waals surface area contributed by atoms with Crippen molar-refractivity contribution in [2.24, 2.45) is 5.92 Å². The van der Waals surface area contributed by atoms with E-state index in [1.54, 1.807) is 30.9 Å². The molecule has 7 nitrogen and oxygen atoms in total. The summed E-state index contributed by atoms with van der Waals surface area (Å²) in [5.74, 6) is 0.170. The molecule has 3 rings (SSSR count). The molecule has 0 aromatic heterocycles. The molecular weight excluding hydrogens is 453 g/mol. The third-order valence-corrected chi connectivity index (χ3v) is 6.27. The van der Waals surface area contributed by atoms with Gasteiger partial charge in [0, 0.05) is 17.5 Å². The molecule has 0 bridgehead atoms. The quantitative estimate of drug-likeness (QED) is 0.263. The number of rotatable bonds is 4. The minimum atomic E-state index is -4.56. The summed E-state index contributed by atoms with van der Waals surface area (Å²) >= 11 is 1.47. The number of amides is 1. The van der Waals surface area contributed by atoms with E-state index in [0.717, 1.165) is 11.3 Å². The van der Waals surface area contributed by atoms with Crippen molar-refractivity contribution in [3.63, 3.8) is 0 Å². The van der Waals surface area contributed by atoms with E-state index < -0.39 is 13.7 Å². The summed E-state index contributed by atoms with van der Waals surface area (Å²) in [7, 11) is -4.56. The fraction of sp³-hybridized carbons (Fsp3) is 0.412. The van der Waals surface area contributed by atoms with E-state index in [9.17, 15) is 24.3 Å². The summed E-state index contributed by atoms with van der Waals surface area (Å²) in [5.41, 5.74) is 0.501. The second-order valence-electron chi connectivity index (χ2n) is 6.11. The topological polar surface area (TPSA) is 128 Å². The van der Waals surface area contributed by atoms with Gasteiger partial charge in [-0.15, -0.1) is 11.8 Å². The molecule has 0 radical (unpaired) electrons. The number of aryl methyl sites for hydroxylation is 1. The molecule has 1 amide bonds. The Morgan fingerprint density at radius 1 is 1.39 bits per heavy atom. The number of fused-ring (bicyclic) bond motifs is 1. The Morgan fingerprint density at radius 2 is 2.00 bits per heavy atom. The van der Waals surface area contributed by atoms with Crippen molar-refractivity contribution in [1.29, 1.82) is 5.26 Å². The molecule has 2 aliphatic heterocycles. The molecule has 1 fully saturated rings. The number of β-lactam (4-membered cyclic amide) rings is 1. The fourth-order valence-electron chi connectivity index (χ4n) is 3.01. The third-order valence-electron chi connectivity index (χ3n) is 4.26. The van der Waals surface area contributed by atoms with Gasteiger partial charge in [0.15, 0.2) is 0 Å². The van der Waals surface area contributed by atoms with Crippen LogP contribution in [0.2, 0.25) is 0 Å². The fourth-order valence-corrected chi connectivity index (χ4v) is 4.51. The van der Waals surface area contributed by atoms with Gasteiger partial charge in [-0.3, -0.25) is 4.79 Å². The van der Waals surface area contributed by atoms with Crippen LogP contribution in [-0.2, 0) is 9.36 Å². The molecule has 28 heavy (non-hydrogen) atoms. The van der Waals surface area contributed by atoms with Crippen LogP contribution in [-0.4, -0.2) is 33.8 Å². The van der Waals surface area contributed by atoms with Crippen LogP contribution in [0.15, 0.2) is 35.4 Å². The van der Waals surface area contributed by atoms with E-state index in [1.165, 1.54) is 23.9 Å². The van der Waals surface area contributed by atoms with Crippen molar-refractivity contribution in [2.45, 2.75) is 32.4 Å². The van der Waals surface area contributed by atoms with Gasteiger partial charge in [-0.25, -0.2) is 0 Å². The van der Waals surface area contributed by atoms with E-state index >= 15 is 0 Å². The molecule has 1 saturated heterocycles. The largest absolute Gasteiger partial charge is 1.00 e. The van der Waals surface area contributed by atoms with Crippen molar-refractivity contribution in [3.8, 4) is 6.07 Å². The Bertz CT molecular complexity index is 809. The maximum absolute atomic E-state index is 11.6. The van der Waals surface area contributed by atoms with Gasteiger partial charge in [0.05, 0.1) is 29.9 Å². The van der Waals surface area contributed by atoms with Crippen LogP contribution < -0.4 is 118 Å². The summed E-state index contributed by atoms with van der Waals surface area (Å²) in [6.07, 6.45) is 2.02. The second-order valence-corrected chi connectivity index (χ2v) is 8.69. The zero-order valence-corrected chi connectivity index (χ0v) is 24.3. The van der Waals surface area contributed by atoms with E-state index in [2.05, 4.69) is 6.07 Å². The van der Waals surface area contributed by atoms with Crippen LogP contribution in [0.4, 0.5) is 0 Å². The zero-order valence-electron chi connectivity index (χ0n) is 16.4. The van der Waals surface area contributed by atoms with Crippen LogP contribution in [0, 0.1) is 24.2 Å². The van der Waals surface area contributed by atoms with Crippen molar-refractivity contribution in [1.82, 2.24) is 4.90 Å². The van der Waals surface area contributed by atoms with Crippen LogP contribution in [0.3, 0.4) is 0 Å². The van der Waals surface area contributed by atoms with Crippen molar-refractivity contribution >= 4 is 30.6 Å². The van der Waals surface area contributed by atoms with Gasteiger partial charge in [0.25, 0.3) is 0 Å². The number of thioether (sulfide) groups is 1. The Labute approximate surface area is 254 Å². The molecule has 1 N–H and O–H groups in total. The maximum Gasteiger partial charge on any atom is 1.00 e.